The maximum Gasteiger partial charge on any atom is 0.224 e. The fourth-order valence-corrected chi connectivity index (χ4v) is 1.94. The van der Waals surface area contributed by atoms with Gasteiger partial charge in [0.05, 0.1) is 6.42 Å². The number of amides is 2. The predicted octanol–water partition coefficient (Wildman–Crippen LogP) is 0.850. The quantitative estimate of drug-likeness (QED) is 0.632. The van der Waals surface area contributed by atoms with E-state index in [2.05, 4.69) is 16.0 Å². The summed E-state index contributed by atoms with van der Waals surface area (Å²) in [5.41, 5.74) is 0.971. The van der Waals surface area contributed by atoms with Crippen LogP contribution in [0.5, 0.6) is 0 Å². The van der Waals surface area contributed by atoms with Crippen molar-refractivity contribution in [2.45, 2.75) is 32.7 Å². The van der Waals surface area contributed by atoms with Gasteiger partial charge in [-0.25, -0.2) is 0 Å². The Bertz CT molecular complexity index is 434. The van der Waals surface area contributed by atoms with Gasteiger partial charge in [-0.1, -0.05) is 37.3 Å². The molecule has 0 saturated carbocycles. The summed E-state index contributed by atoms with van der Waals surface area (Å²) >= 11 is 0. The summed E-state index contributed by atoms with van der Waals surface area (Å²) in [6, 6.07) is 9.80. The van der Waals surface area contributed by atoms with Gasteiger partial charge in [-0.15, -0.1) is 0 Å². The van der Waals surface area contributed by atoms with Gasteiger partial charge in [0.2, 0.25) is 11.8 Å². The van der Waals surface area contributed by atoms with Crippen LogP contribution in [0, 0.1) is 0 Å². The summed E-state index contributed by atoms with van der Waals surface area (Å²) in [5.74, 6) is -0.102. The zero-order valence-corrected chi connectivity index (χ0v) is 12.8. The summed E-state index contributed by atoms with van der Waals surface area (Å²) < 4.78 is 0. The lowest BCUT2D eigenvalue weighted by Crippen LogP contribution is -2.39. The van der Waals surface area contributed by atoms with E-state index in [0.29, 0.717) is 25.9 Å². The van der Waals surface area contributed by atoms with E-state index in [4.69, 9.17) is 0 Å². The van der Waals surface area contributed by atoms with Crippen molar-refractivity contribution >= 4 is 11.8 Å². The first-order valence-corrected chi connectivity index (χ1v) is 7.42. The molecule has 2 amide bonds. The Hall–Kier alpha value is -1.88. The van der Waals surface area contributed by atoms with Crippen molar-refractivity contribution in [2.75, 3.05) is 19.6 Å². The zero-order valence-electron chi connectivity index (χ0n) is 12.8. The molecule has 1 rings (SSSR count). The lowest BCUT2D eigenvalue weighted by molar-refractivity contribution is -0.122. The molecule has 0 saturated heterocycles. The average Bonchev–Trinajstić information content (AvgIpc) is 2.46. The fourth-order valence-electron chi connectivity index (χ4n) is 1.94. The van der Waals surface area contributed by atoms with Crippen molar-refractivity contribution in [3.05, 3.63) is 35.9 Å². The van der Waals surface area contributed by atoms with Gasteiger partial charge in [0, 0.05) is 25.6 Å². The lowest BCUT2D eigenvalue weighted by atomic mass is 10.1. The van der Waals surface area contributed by atoms with Crippen molar-refractivity contribution in [2.24, 2.45) is 0 Å². The second kappa shape index (κ2) is 9.94. The molecule has 0 aliphatic carbocycles. The van der Waals surface area contributed by atoms with E-state index in [-0.39, 0.29) is 17.9 Å². The van der Waals surface area contributed by atoms with Gasteiger partial charge in [-0.2, -0.15) is 0 Å². The summed E-state index contributed by atoms with van der Waals surface area (Å²) in [7, 11) is 0. The second-order valence-electron chi connectivity index (χ2n) is 5.03. The monoisotopic (exact) mass is 291 g/mol. The van der Waals surface area contributed by atoms with Crippen molar-refractivity contribution in [3.8, 4) is 0 Å². The first kappa shape index (κ1) is 17.2. The summed E-state index contributed by atoms with van der Waals surface area (Å²) in [6.45, 7) is 5.90. The van der Waals surface area contributed by atoms with E-state index in [1.807, 2.05) is 44.2 Å². The van der Waals surface area contributed by atoms with E-state index < -0.39 is 0 Å². The maximum atomic E-state index is 11.7. The highest BCUT2D eigenvalue weighted by Gasteiger charge is 2.06. The van der Waals surface area contributed by atoms with Crippen molar-refractivity contribution in [3.63, 3.8) is 0 Å². The van der Waals surface area contributed by atoms with Crippen molar-refractivity contribution < 1.29 is 9.59 Å². The Balaban J connectivity index is 2.12. The first-order chi connectivity index (χ1) is 10.1. The molecule has 3 N–H and O–H groups in total. The van der Waals surface area contributed by atoms with E-state index in [0.717, 1.165) is 12.1 Å². The number of benzene rings is 1. The molecule has 0 radical (unpaired) electrons. The van der Waals surface area contributed by atoms with Crippen LogP contribution in [-0.4, -0.2) is 37.5 Å². The number of hydrogen-bond acceptors (Lipinski definition) is 3. The molecule has 0 aliphatic heterocycles. The molecule has 0 spiro atoms. The molecule has 1 aromatic rings. The minimum Gasteiger partial charge on any atom is -0.355 e. The molecule has 21 heavy (non-hydrogen) atoms. The Morgan fingerprint density at radius 2 is 1.81 bits per heavy atom. The SMILES string of the molecule is CCN[C@H](C)CNC(=O)CCNC(=O)Cc1ccccc1. The van der Waals surface area contributed by atoms with Gasteiger partial charge >= 0.3 is 0 Å². The maximum absolute atomic E-state index is 11.7. The van der Waals surface area contributed by atoms with Crippen LogP contribution < -0.4 is 16.0 Å². The summed E-state index contributed by atoms with van der Waals surface area (Å²) in [5, 5.41) is 8.82. The molecule has 0 aromatic heterocycles. The highest BCUT2D eigenvalue weighted by atomic mass is 16.2. The molecule has 0 fully saturated rings. The lowest BCUT2D eigenvalue weighted by Gasteiger charge is -2.13. The third kappa shape index (κ3) is 8.09. The third-order valence-corrected chi connectivity index (χ3v) is 3.04. The van der Waals surface area contributed by atoms with Gasteiger partial charge in [0.25, 0.3) is 0 Å². The average molecular weight is 291 g/mol. The van der Waals surface area contributed by atoms with Crippen LogP contribution in [0.25, 0.3) is 0 Å². The van der Waals surface area contributed by atoms with Gasteiger partial charge in [-0.3, -0.25) is 9.59 Å². The van der Waals surface area contributed by atoms with Crippen LogP contribution in [0.4, 0.5) is 0 Å². The minimum absolute atomic E-state index is 0.0419. The van der Waals surface area contributed by atoms with Crippen LogP contribution in [0.2, 0.25) is 0 Å². The molecule has 116 valence electrons. The highest BCUT2D eigenvalue weighted by Crippen LogP contribution is 1.98. The predicted molar refractivity (Wildman–Crippen MR) is 83.9 cm³/mol. The smallest absolute Gasteiger partial charge is 0.224 e. The number of hydrogen-bond donors (Lipinski definition) is 3. The molecule has 0 unspecified atom stereocenters. The Morgan fingerprint density at radius 1 is 1.10 bits per heavy atom. The first-order valence-electron chi connectivity index (χ1n) is 7.42. The minimum atomic E-state index is -0.0602. The molecule has 0 heterocycles. The van der Waals surface area contributed by atoms with Crippen LogP contribution in [-0.2, 0) is 16.0 Å². The normalized spacial score (nSPS) is 11.7. The number of rotatable bonds is 9. The highest BCUT2D eigenvalue weighted by molar-refractivity contribution is 5.80. The number of likely N-dealkylation sites (N-methyl/N-ethyl adjacent to an activating group) is 1. The largest absolute Gasteiger partial charge is 0.355 e. The Labute approximate surface area is 126 Å². The van der Waals surface area contributed by atoms with Gasteiger partial charge in [-0.05, 0) is 19.0 Å². The molecule has 1 atom stereocenters. The van der Waals surface area contributed by atoms with E-state index in [9.17, 15) is 9.59 Å². The van der Waals surface area contributed by atoms with Crippen molar-refractivity contribution in [1.29, 1.82) is 0 Å². The van der Waals surface area contributed by atoms with Crippen LogP contribution in [0.1, 0.15) is 25.8 Å². The van der Waals surface area contributed by atoms with Gasteiger partial charge in [0.15, 0.2) is 0 Å². The van der Waals surface area contributed by atoms with E-state index in [1.54, 1.807) is 0 Å². The molecule has 5 nitrogen and oxygen atoms in total. The number of nitrogens with one attached hydrogen (secondary N) is 3. The molecule has 0 aliphatic rings. The van der Waals surface area contributed by atoms with Gasteiger partial charge in [0.1, 0.15) is 0 Å². The van der Waals surface area contributed by atoms with Crippen LogP contribution in [0.15, 0.2) is 30.3 Å². The van der Waals surface area contributed by atoms with E-state index >= 15 is 0 Å². The molecule has 1 aromatic carbocycles. The molecular weight excluding hydrogens is 266 g/mol. The number of carbonyl (C=O) groups excluding carboxylic acids is 2. The van der Waals surface area contributed by atoms with Crippen molar-refractivity contribution in [1.82, 2.24) is 16.0 Å². The van der Waals surface area contributed by atoms with Gasteiger partial charge < -0.3 is 16.0 Å². The van der Waals surface area contributed by atoms with Crippen LogP contribution >= 0.6 is 0 Å². The fraction of sp³-hybridized carbons (Fsp3) is 0.500. The zero-order chi connectivity index (χ0) is 15.5. The Morgan fingerprint density at radius 3 is 2.48 bits per heavy atom. The van der Waals surface area contributed by atoms with Crippen LogP contribution in [0.3, 0.4) is 0 Å². The molecular formula is C16H25N3O2. The second-order valence-corrected chi connectivity index (χ2v) is 5.03. The summed E-state index contributed by atoms with van der Waals surface area (Å²) in [4.78, 5) is 23.3. The third-order valence-electron chi connectivity index (χ3n) is 3.04. The molecule has 0 bridgehead atoms. The molecule has 5 heteroatoms. The Kier molecular flexibility index (Phi) is 8.12. The number of carbonyl (C=O) groups is 2. The standard InChI is InChI=1S/C16H25N3O2/c1-3-17-13(2)12-19-15(20)9-10-18-16(21)11-14-7-5-4-6-8-14/h4-8,13,17H,3,9-12H2,1-2H3,(H,18,21)(H,19,20)/t13-/m1/s1. The summed E-state index contributed by atoms with van der Waals surface area (Å²) in [6.07, 6.45) is 0.652. The van der Waals surface area contributed by atoms with E-state index in [1.165, 1.54) is 0 Å². The topological polar surface area (TPSA) is 70.2 Å².